The van der Waals surface area contributed by atoms with E-state index in [0.717, 1.165) is 16.8 Å². The van der Waals surface area contributed by atoms with Crippen LogP contribution in [0.25, 0.3) is 0 Å². The summed E-state index contributed by atoms with van der Waals surface area (Å²) in [5.74, 6) is 0.534. The summed E-state index contributed by atoms with van der Waals surface area (Å²) < 4.78 is 7.98. The van der Waals surface area contributed by atoms with E-state index in [1.165, 1.54) is 0 Å². The topological polar surface area (TPSA) is 31.2 Å². The van der Waals surface area contributed by atoms with Crippen LogP contribution < -0.4 is 10.3 Å². The van der Waals surface area contributed by atoms with E-state index in [0.29, 0.717) is 28.4 Å². The van der Waals surface area contributed by atoms with Gasteiger partial charge < -0.3 is 9.30 Å². The van der Waals surface area contributed by atoms with Crippen LogP contribution in [-0.4, -0.2) is 4.57 Å². The van der Waals surface area contributed by atoms with E-state index < -0.39 is 0 Å². The van der Waals surface area contributed by atoms with Crippen molar-refractivity contribution in [3.63, 3.8) is 0 Å². The van der Waals surface area contributed by atoms with E-state index in [1.54, 1.807) is 4.57 Å². The van der Waals surface area contributed by atoms with Crippen LogP contribution in [0.2, 0.25) is 5.02 Å². The van der Waals surface area contributed by atoms with Gasteiger partial charge in [-0.15, -0.1) is 0 Å². The zero-order valence-electron chi connectivity index (χ0n) is 13.7. The zero-order valence-corrected chi connectivity index (χ0v) is 16.0. The quantitative estimate of drug-likeness (QED) is 0.570. The molecule has 0 spiro atoms. The Morgan fingerprint density at radius 3 is 2.48 bits per heavy atom. The van der Waals surface area contributed by atoms with Gasteiger partial charge in [-0.1, -0.05) is 54.1 Å². The van der Waals surface area contributed by atoms with Crippen LogP contribution in [0, 0.1) is 6.92 Å². The second kappa shape index (κ2) is 7.89. The van der Waals surface area contributed by atoms with E-state index >= 15 is 0 Å². The minimum atomic E-state index is -0.107. The van der Waals surface area contributed by atoms with E-state index in [9.17, 15) is 4.79 Å². The van der Waals surface area contributed by atoms with E-state index in [-0.39, 0.29) is 5.56 Å². The predicted molar refractivity (Wildman–Crippen MR) is 104 cm³/mol. The molecule has 0 fully saturated rings. The molecule has 1 aromatic heterocycles. The average Bonchev–Trinajstić information content (AvgIpc) is 2.61. The first-order valence-corrected chi connectivity index (χ1v) is 9.03. The Balaban J connectivity index is 1.84. The normalized spacial score (nSPS) is 10.7. The summed E-state index contributed by atoms with van der Waals surface area (Å²) in [5.41, 5.74) is 2.76. The largest absolute Gasteiger partial charge is 0.487 e. The number of aromatic nitrogens is 1. The molecule has 0 unspecified atom stereocenters. The van der Waals surface area contributed by atoms with Crippen molar-refractivity contribution in [2.75, 3.05) is 0 Å². The van der Waals surface area contributed by atoms with Crippen LogP contribution in [0.5, 0.6) is 5.75 Å². The molecule has 3 aromatic rings. The Hall–Kier alpha value is -2.04. The van der Waals surface area contributed by atoms with Gasteiger partial charge in [0.05, 0.1) is 6.54 Å². The number of pyridine rings is 1. The lowest BCUT2D eigenvalue weighted by Gasteiger charge is -2.14. The van der Waals surface area contributed by atoms with Crippen molar-refractivity contribution in [3.05, 3.63) is 97.3 Å². The van der Waals surface area contributed by atoms with Gasteiger partial charge in [0.1, 0.15) is 16.8 Å². The van der Waals surface area contributed by atoms with Gasteiger partial charge in [0.25, 0.3) is 5.56 Å². The molecule has 3 rings (SSSR count). The molecule has 3 nitrogen and oxygen atoms in total. The minimum absolute atomic E-state index is 0.107. The number of ether oxygens (including phenoxy) is 1. The maximum absolute atomic E-state index is 12.7. The minimum Gasteiger partial charge on any atom is -0.487 e. The van der Waals surface area contributed by atoms with Crippen molar-refractivity contribution in [1.29, 1.82) is 0 Å². The van der Waals surface area contributed by atoms with Crippen molar-refractivity contribution in [1.82, 2.24) is 4.57 Å². The van der Waals surface area contributed by atoms with Crippen LogP contribution >= 0.6 is 27.5 Å². The molecule has 0 N–H and O–H groups in total. The van der Waals surface area contributed by atoms with Crippen molar-refractivity contribution in [3.8, 4) is 5.75 Å². The first-order chi connectivity index (χ1) is 12.0. The third kappa shape index (κ3) is 4.33. The Morgan fingerprint density at radius 1 is 1.04 bits per heavy atom. The molecule has 128 valence electrons. The van der Waals surface area contributed by atoms with Crippen LogP contribution in [0.3, 0.4) is 0 Å². The molecule has 0 saturated heterocycles. The highest BCUT2D eigenvalue weighted by Crippen LogP contribution is 2.24. The van der Waals surface area contributed by atoms with Crippen LogP contribution in [0.1, 0.15) is 16.8 Å². The van der Waals surface area contributed by atoms with E-state index in [1.807, 2.05) is 67.6 Å². The summed E-state index contributed by atoms with van der Waals surface area (Å²) >= 11 is 9.37. The third-order valence-electron chi connectivity index (χ3n) is 3.88. The van der Waals surface area contributed by atoms with Gasteiger partial charge in [-0.3, -0.25) is 4.79 Å². The molecule has 5 heteroatoms. The lowest BCUT2D eigenvalue weighted by Crippen LogP contribution is -2.24. The summed E-state index contributed by atoms with van der Waals surface area (Å²) in [5, 5.41) is 0.662. The molecule has 0 aliphatic rings. The van der Waals surface area contributed by atoms with Gasteiger partial charge in [-0.2, -0.15) is 0 Å². The highest BCUT2D eigenvalue weighted by molar-refractivity contribution is 9.10. The van der Waals surface area contributed by atoms with Crippen molar-refractivity contribution in [2.24, 2.45) is 0 Å². The molecular formula is C20H17BrClNO2. The van der Waals surface area contributed by atoms with Crippen molar-refractivity contribution >= 4 is 27.5 Å². The second-order valence-electron chi connectivity index (χ2n) is 5.76. The van der Waals surface area contributed by atoms with Gasteiger partial charge in [0, 0.05) is 16.8 Å². The lowest BCUT2D eigenvalue weighted by molar-refractivity contribution is 0.302. The summed E-state index contributed by atoms with van der Waals surface area (Å²) in [7, 11) is 0. The molecular weight excluding hydrogens is 402 g/mol. The molecule has 0 saturated carbocycles. The molecule has 1 heterocycles. The monoisotopic (exact) mass is 417 g/mol. The van der Waals surface area contributed by atoms with Gasteiger partial charge in [-0.05, 0) is 46.1 Å². The fourth-order valence-electron chi connectivity index (χ4n) is 2.57. The van der Waals surface area contributed by atoms with Crippen LogP contribution in [-0.2, 0) is 13.2 Å². The summed E-state index contributed by atoms with van der Waals surface area (Å²) in [6, 6.07) is 19.2. The van der Waals surface area contributed by atoms with Gasteiger partial charge >= 0.3 is 0 Å². The second-order valence-corrected chi connectivity index (χ2v) is 6.99. The Kier molecular flexibility index (Phi) is 5.61. The smallest absolute Gasteiger partial charge is 0.269 e. The molecule has 2 aromatic carbocycles. The van der Waals surface area contributed by atoms with Gasteiger partial charge in [0.2, 0.25) is 0 Å². The Labute approximate surface area is 160 Å². The standard InChI is InChI=1S/C20H17BrClNO2/c1-14-10-18(25-13-16-8-5-9-17(22)11-16)19(21)20(24)23(14)12-15-6-3-2-4-7-15/h2-11H,12-13H2,1H3. The maximum Gasteiger partial charge on any atom is 0.269 e. The Morgan fingerprint density at radius 2 is 1.76 bits per heavy atom. The summed E-state index contributed by atoms with van der Waals surface area (Å²) in [4.78, 5) is 12.7. The van der Waals surface area contributed by atoms with Crippen LogP contribution in [0.15, 0.2) is 69.9 Å². The number of nitrogens with zero attached hydrogens (tertiary/aromatic N) is 1. The van der Waals surface area contributed by atoms with E-state index in [4.69, 9.17) is 16.3 Å². The number of hydrogen-bond acceptors (Lipinski definition) is 2. The fourth-order valence-corrected chi connectivity index (χ4v) is 3.23. The number of hydrogen-bond donors (Lipinski definition) is 0. The number of rotatable bonds is 5. The molecule has 0 bridgehead atoms. The average molecular weight is 419 g/mol. The molecule has 25 heavy (non-hydrogen) atoms. The zero-order chi connectivity index (χ0) is 17.8. The first kappa shape index (κ1) is 17.8. The van der Waals surface area contributed by atoms with Crippen LogP contribution in [0.4, 0.5) is 0 Å². The van der Waals surface area contributed by atoms with E-state index in [2.05, 4.69) is 15.9 Å². The van der Waals surface area contributed by atoms with Crippen molar-refractivity contribution in [2.45, 2.75) is 20.1 Å². The predicted octanol–water partition coefficient (Wildman–Crippen LogP) is 5.20. The fraction of sp³-hybridized carbons (Fsp3) is 0.150. The highest BCUT2D eigenvalue weighted by Gasteiger charge is 2.12. The highest BCUT2D eigenvalue weighted by atomic mass is 79.9. The molecule has 0 radical (unpaired) electrons. The SMILES string of the molecule is Cc1cc(OCc2cccc(Cl)c2)c(Br)c(=O)n1Cc1ccccc1. The van der Waals surface area contributed by atoms with Gasteiger partial charge in [-0.25, -0.2) is 0 Å². The number of benzene rings is 2. The molecule has 0 aliphatic carbocycles. The maximum atomic E-state index is 12.7. The molecule has 0 amide bonds. The third-order valence-corrected chi connectivity index (χ3v) is 4.85. The molecule has 0 aliphatic heterocycles. The number of halogens is 2. The summed E-state index contributed by atoms with van der Waals surface area (Å²) in [6.45, 7) is 2.78. The Bertz CT molecular complexity index is 938. The van der Waals surface area contributed by atoms with Crippen molar-refractivity contribution < 1.29 is 4.74 Å². The lowest BCUT2D eigenvalue weighted by atomic mass is 10.2. The number of aryl methyl sites for hydroxylation is 1. The van der Waals surface area contributed by atoms with Gasteiger partial charge in [0.15, 0.2) is 0 Å². The molecule has 0 atom stereocenters. The first-order valence-electron chi connectivity index (χ1n) is 7.85. The summed E-state index contributed by atoms with van der Waals surface area (Å²) in [6.07, 6.45) is 0.